The van der Waals surface area contributed by atoms with E-state index in [4.69, 9.17) is 4.74 Å². The highest BCUT2D eigenvalue weighted by atomic mass is 19.4. The second kappa shape index (κ2) is 14.6. The Bertz CT molecular complexity index is 1580. The monoisotopic (exact) mass is 596 g/mol. The molecule has 0 aliphatic rings. The Hall–Kier alpha value is -5.27. The zero-order chi connectivity index (χ0) is 30.7. The van der Waals surface area contributed by atoms with Crippen molar-refractivity contribution in [3.8, 4) is 5.75 Å². The van der Waals surface area contributed by atoms with Gasteiger partial charge in [0.2, 0.25) is 5.91 Å². The van der Waals surface area contributed by atoms with Crippen LogP contribution in [0, 0.1) is 0 Å². The van der Waals surface area contributed by atoms with Crippen molar-refractivity contribution in [1.29, 1.82) is 0 Å². The molecule has 0 saturated heterocycles. The molecule has 2 aromatic carbocycles. The molecule has 0 aliphatic heterocycles. The second-order valence-corrected chi connectivity index (χ2v) is 9.26. The molecule has 14 heteroatoms. The van der Waals surface area contributed by atoms with Gasteiger partial charge in [-0.25, -0.2) is 9.59 Å². The number of benzene rings is 2. The van der Waals surface area contributed by atoms with Gasteiger partial charge in [0.25, 0.3) is 0 Å². The van der Waals surface area contributed by atoms with Crippen LogP contribution in [-0.4, -0.2) is 38.1 Å². The van der Waals surface area contributed by atoms with Gasteiger partial charge in [-0.2, -0.15) is 10.1 Å². The zero-order valence-electron chi connectivity index (χ0n) is 22.7. The minimum absolute atomic E-state index is 0.0887. The molecule has 0 aliphatic carbocycles. The van der Waals surface area contributed by atoms with Crippen LogP contribution in [0.15, 0.2) is 83.8 Å². The fourth-order valence-corrected chi connectivity index (χ4v) is 3.91. The molecule has 0 radical (unpaired) electrons. The van der Waals surface area contributed by atoms with Gasteiger partial charge >= 0.3 is 18.1 Å². The number of alkyl halides is 3. The molecule has 2 amide bonds. The van der Waals surface area contributed by atoms with Crippen molar-refractivity contribution >= 4 is 23.6 Å². The summed E-state index contributed by atoms with van der Waals surface area (Å²) in [7, 11) is 0. The first-order valence-corrected chi connectivity index (χ1v) is 13.2. The second-order valence-electron chi connectivity index (χ2n) is 9.26. The average Bonchev–Trinajstić information content (AvgIpc) is 2.96. The summed E-state index contributed by atoms with van der Waals surface area (Å²) in [6.07, 6.45) is -2.27. The number of aromatic nitrogens is 4. The molecular weight excluding hydrogens is 569 g/mol. The zero-order valence-corrected chi connectivity index (χ0v) is 22.7. The molecule has 0 unspecified atom stereocenters. The van der Waals surface area contributed by atoms with Gasteiger partial charge < -0.3 is 14.8 Å². The Morgan fingerprint density at radius 2 is 1.65 bits per heavy atom. The lowest BCUT2D eigenvalue weighted by Gasteiger charge is -2.10. The number of anilines is 2. The summed E-state index contributed by atoms with van der Waals surface area (Å²) in [4.78, 5) is 40.5. The van der Waals surface area contributed by atoms with Crippen LogP contribution in [0.2, 0.25) is 0 Å². The Morgan fingerprint density at radius 3 is 2.37 bits per heavy atom. The van der Waals surface area contributed by atoms with E-state index in [1.807, 2.05) is 30.3 Å². The number of rotatable bonds is 12. The number of hydrogen-bond acceptors (Lipinski definition) is 8. The van der Waals surface area contributed by atoms with Gasteiger partial charge in [0.05, 0.1) is 12.1 Å². The van der Waals surface area contributed by atoms with Crippen LogP contribution in [0.1, 0.15) is 29.7 Å². The number of nitrogens with one attached hydrogen (secondary N) is 2. The number of nitrogens with zero attached hydrogens (tertiary/aromatic N) is 4. The van der Waals surface area contributed by atoms with Gasteiger partial charge in [0.15, 0.2) is 5.82 Å². The Balaban J connectivity index is 1.17. The summed E-state index contributed by atoms with van der Waals surface area (Å²) >= 11 is 0. The van der Waals surface area contributed by atoms with Crippen molar-refractivity contribution in [3.63, 3.8) is 0 Å². The van der Waals surface area contributed by atoms with Crippen LogP contribution in [0.25, 0.3) is 0 Å². The van der Waals surface area contributed by atoms with Gasteiger partial charge in [-0.1, -0.05) is 42.5 Å². The van der Waals surface area contributed by atoms with E-state index in [1.54, 1.807) is 18.3 Å². The molecule has 2 N–H and O–H groups in total. The summed E-state index contributed by atoms with van der Waals surface area (Å²) in [6, 6.07) is 19.1. The molecule has 11 nitrogen and oxygen atoms in total. The third-order valence-corrected chi connectivity index (χ3v) is 5.88. The van der Waals surface area contributed by atoms with Crippen molar-refractivity contribution in [3.05, 3.63) is 106 Å². The van der Waals surface area contributed by atoms with Crippen LogP contribution in [0.4, 0.5) is 29.6 Å². The number of aryl methyl sites for hydroxylation is 2. The first-order chi connectivity index (χ1) is 20.6. The van der Waals surface area contributed by atoms with Gasteiger partial charge in [0, 0.05) is 12.7 Å². The molecule has 4 rings (SSSR count). The van der Waals surface area contributed by atoms with Crippen molar-refractivity contribution in [2.45, 2.75) is 45.2 Å². The molecule has 224 valence electrons. The van der Waals surface area contributed by atoms with E-state index in [9.17, 15) is 27.6 Å². The highest BCUT2D eigenvalue weighted by Gasteiger charge is 2.31. The van der Waals surface area contributed by atoms with E-state index < -0.39 is 29.8 Å². The Labute approximate surface area is 243 Å². The van der Waals surface area contributed by atoms with Crippen molar-refractivity contribution in [2.24, 2.45) is 0 Å². The summed E-state index contributed by atoms with van der Waals surface area (Å²) in [5.41, 5.74) is 1.33. The van der Waals surface area contributed by atoms with Crippen molar-refractivity contribution < 1.29 is 32.2 Å². The number of carbonyl (C=O) groups is 2. The normalized spacial score (nSPS) is 11.0. The lowest BCUT2D eigenvalue weighted by molar-refractivity contribution is -0.274. The minimum Gasteiger partial charge on any atom is -0.444 e. The first-order valence-electron chi connectivity index (χ1n) is 13.2. The third kappa shape index (κ3) is 10.6. The summed E-state index contributed by atoms with van der Waals surface area (Å²) < 4.78 is 47.6. The third-order valence-electron chi connectivity index (χ3n) is 5.88. The smallest absolute Gasteiger partial charge is 0.444 e. The van der Waals surface area contributed by atoms with Crippen LogP contribution in [0.5, 0.6) is 5.75 Å². The number of unbranched alkanes of at least 4 members (excludes halogenated alkanes) is 1. The number of hydrogen-bond donors (Lipinski definition) is 2. The predicted octanol–water partition coefficient (Wildman–Crippen LogP) is 4.88. The quantitative estimate of drug-likeness (QED) is 0.221. The van der Waals surface area contributed by atoms with E-state index in [0.29, 0.717) is 37.1 Å². The van der Waals surface area contributed by atoms with Gasteiger partial charge in [0.1, 0.15) is 18.2 Å². The molecule has 43 heavy (non-hydrogen) atoms. The minimum atomic E-state index is -4.82. The van der Waals surface area contributed by atoms with Gasteiger partial charge in [-0.3, -0.25) is 14.7 Å². The Kier molecular flexibility index (Phi) is 10.4. The van der Waals surface area contributed by atoms with Crippen LogP contribution < -0.4 is 21.1 Å². The molecule has 2 aromatic heterocycles. The largest absolute Gasteiger partial charge is 0.573 e. The van der Waals surface area contributed by atoms with E-state index in [2.05, 4.69) is 30.6 Å². The van der Waals surface area contributed by atoms with Crippen LogP contribution >= 0.6 is 0 Å². The summed E-state index contributed by atoms with van der Waals surface area (Å²) in [5.74, 6) is -0.595. The number of ether oxygens (including phenoxy) is 2. The van der Waals surface area contributed by atoms with E-state index in [0.717, 1.165) is 17.7 Å². The van der Waals surface area contributed by atoms with Crippen LogP contribution in [0.3, 0.4) is 0 Å². The molecule has 0 fully saturated rings. The van der Waals surface area contributed by atoms with E-state index in [-0.39, 0.29) is 24.7 Å². The molecular formula is C29H27F3N6O5. The van der Waals surface area contributed by atoms with Crippen molar-refractivity contribution in [2.75, 3.05) is 10.6 Å². The summed E-state index contributed by atoms with van der Waals surface area (Å²) in [6.45, 7) is 0.495. The van der Waals surface area contributed by atoms with E-state index >= 15 is 0 Å². The maximum atomic E-state index is 12.4. The maximum absolute atomic E-state index is 12.4. The predicted molar refractivity (Wildman–Crippen MR) is 149 cm³/mol. The lowest BCUT2D eigenvalue weighted by atomic mass is 10.1. The molecule has 0 saturated carbocycles. The Morgan fingerprint density at radius 1 is 0.860 bits per heavy atom. The molecule has 0 atom stereocenters. The van der Waals surface area contributed by atoms with Gasteiger partial charge in [-0.05, 0) is 60.7 Å². The molecule has 0 bridgehead atoms. The van der Waals surface area contributed by atoms with Crippen molar-refractivity contribution in [1.82, 2.24) is 19.7 Å². The fourth-order valence-electron chi connectivity index (χ4n) is 3.91. The topological polar surface area (TPSA) is 137 Å². The summed E-state index contributed by atoms with van der Waals surface area (Å²) in [5, 5.41) is 13.1. The maximum Gasteiger partial charge on any atom is 0.573 e. The first kappa shape index (κ1) is 30.7. The fraction of sp³-hybridized carbons (Fsp3) is 0.241. The SMILES string of the molecule is O=C(Cc1cccc(OC(F)(F)F)c1)Nc1ccc(CCCCn2ccc(NC(=O)OCc3ccccc3)nc2=O)nn1. The van der Waals surface area contributed by atoms with E-state index in [1.165, 1.54) is 22.8 Å². The number of carbonyl (C=O) groups excluding carboxylic acids is 2. The standard InChI is InChI=1S/C29H27F3N6O5/c30-29(31,32)43-23-11-6-9-21(17-23)18-26(39)33-25-13-12-22(36-37-25)10-4-5-15-38-16-14-24(34-27(38)40)35-28(41)42-19-20-7-2-1-3-8-20/h1-3,6-9,11-14,16-17H,4-5,10,15,18-19H2,(H,33,37,39)(H,34,35,40,41). The number of halogens is 3. The molecule has 2 heterocycles. The molecule has 4 aromatic rings. The lowest BCUT2D eigenvalue weighted by Crippen LogP contribution is -2.25. The number of amides is 2. The average molecular weight is 597 g/mol. The highest BCUT2D eigenvalue weighted by molar-refractivity contribution is 5.91. The van der Waals surface area contributed by atoms with Gasteiger partial charge in [-0.15, -0.1) is 18.3 Å². The molecule has 0 spiro atoms. The highest BCUT2D eigenvalue weighted by Crippen LogP contribution is 2.23. The van der Waals surface area contributed by atoms with Crippen LogP contribution in [-0.2, 0) is 35.5 Å².